The van der Waals surface area contributed by atoms with Crippen molar-refractivity contribution in [3.63, 3.8) is 0 Å². The van der Waals surface area contributed by atoms with Gasteiger partial charge in [-0.25, -0.2) is 4.98 Å². The predicted octanol–water partition coefficient (Wildman–Crippen LogP) is 4.03. The van der Waals surface area contributed by atoms with Gasteiger partial charge < -0.3 is 0 Å². The van der Waals surface area contributed by atoms with E-state index in [9.17, 15) is 0 Å². The molecule has 0 saturated heterocycles. The van der Waals surface area contributed by atoms with E-state index >= 15 is 0 Å². The van der Waals surface area contributed by atoms with Gasteiger partial charge in [-0.3, -0.25) is 0 Å². The first-order chi connectivity index (χ1) is 6.18. The van der Waals surface area contributed by atoms with Crippen molar-refractivity contribution in [3.05, 3.63) is 16.1 Å². The summed E-state index contributed by atoms with van der Waals surface area (Å²) in [5, 5.41) is 1.25. The summed E-state index contributed by atoms with van der Waals surface area (Å²) >= 11 is 1.86. The van der Waals surface area contributed by atoms with Crippen LogP contribution in [0.5, 0.6) is 0 Å². The van der Waals surface area contributed by atoms with Gasteiger partial charge in [0, 0.05) is 16.5 Å². The highest BCUT2D eigenvalue weighted by Crippen LogP contribution is 2.30. The molecule has 0 aromatic carbocycles. The number of aromatic nitrogens is 1. The van der Waals surface area contributed by atoms with Gasteiger partial charge in [0.25, 0.3) is 0 Å². The van der Waals surface area contributed by atoms with Crippen LogP contribution in [0.15, 0.2) is 6.20 Å². The van der Waals surface area contributed by atoms with Crippen molar-refractivity contribution >= 4 is 11.3 Å². The van der Waals surface area contributed by atoms with Gasteiger partial charge in [-0.15, -0.1) is 11.3 Å². The molecule has 80 valence electrons. The van der Waals surface area contributed by atoms with Crippen molar-refractivity contribution in [2.45, 2.75) is 53.4 Å². The van der Waals surface area contributed by atoms with Gasteiger partial charge in [-0.1, -0.05) is 41.5 Å². The molecule has 14 heavy (non-hydrogen) atoms. The molecule has 0 aliphatic carbocycles. The summed E-state index contributed by atoms with van der Waals surface area (Å²) in [5.41, 5.74) is 0.558. The standard InChI is InChI=1S/C12H21NS/c1-11(2,3)7-9-8-13-10(14-9)12(4,5)6/h8H,7H2,1-6H3. The zero-order valence-corrected chi connectivity index (χ0v) is 11.0. The fourth-order valence-corrected chi connectivity index (χ4v) is 2.53. The third-order valence-corrected chi connectivity index (χ3v) is 3.32. The molecule has 1 rings (SSSR count). The van der Waals surface area contributed by atoms with Gasteiger partial charge in [0.2, 0.25) is 0 Å². The number of rotatable bonds is 1. The first kappa shape index (κ1) is 11.7. The van der Waals surface area contributed by atoms with Crippen LogP contribution < -0.4 is 0 Å². The molecule has 1 nitrogen and oxygen atoms in total. The van der Waals surface area contributed by atoms with E-state index in [1.165, 1.54) is 9.88 Å². The maximum absolute atomic E-state index is 4.49. The van der Waals surface area contributed by atoms with Crippen LogP contribution in [-0.2, 0) is 11.8 Å². The minimum absolute atomic E-state index is 0.195. The number of hydrogen-bond acceptors (Lipinski definition) is 2. The van der Waals surface area contributed by atoms with E-state index in [1.807, 2.05) is 17.5 Å². The average molecular weight is 211 g/mol. The van der Waals surface area contributed by atoms with Crippen molar-refractivity contribution in [2.75, 3.05) is 0 Å². The van der Waals surface area contributed by atoms with Gasteiger partial charge in [-0.2, -0.15) is 0 Å². The topological polar surface area (TPSA) is 12.9 Å². The van der Waals surface area contributed by atoms with Crippen molar-refractivity contribution in [1.29, 1.82) is 0 Å². The maximum Gasteiger partial charge on any atom is 0.0981 e. The lowest BCUT2D eigenvalue weighted by Crippen LogP contribution is -2.10. The highest BCUT2D eigenvalue weighted by Gasteiger charge is 2.20. The lowest BCUT2D eigenvalue weighted by atomic mass is 9.92. The Hall–Kier alpha value is -0.370. The molecule has 0 aliphatic rings. The highest BCUT2D eigenvalue weighted by molar-refractivity contribution is 7.11. The van der Waals surface area contributed by atoms with Gasteiger partial charge in [0.15, 0.2) is 0 Å². The molecule has 0 amide bonds. The van der Waals surface area contributed by atoms with E-state index in [2.05, 4.69) is 46.5 Å². The largest absolute Gasteiger partial charge is 0.249 e. The molecule has 0 bridgehead atoms. The van der Waals surface area contributed by atoms with E-state index < -0.39 is 0 Å². The Kier molecular flexibility index (Phi) is 3.05. The van der Waals surface area contributed by atoms with E-state index in [4.69, 9.17) is 0 Å². The average Bonchev–Trinajstić information content (AvgIpc) is 2.29. The number of hydrogen-bond donors (Lipinski definition) is 0. The second-order valence-electron chi connectivity index (χ2n) is 6.12. The van der Waals surface area contributed by atoms with E-state index in [1.54, 1.807) is 0 Å². The fourth-order valence-electron chi connectivity index (χ4n) is 1.26. The molecule has 0 fully saturated rings. The molecule has 0 N–H and O–H groups in total. The minimum Gasteiger partial charge on any atom is -0.249 e. The summed E-state index contributed by atoms with van der Waals surface area (Å²) in [6, 6.07) is 0. The fraction of sp³-hybridized carbons (Fsp3) is 0.750. The summed E-state index contributed by atoms with van der Waals surface area (Å²) in [7, 11) is 0. The van der Waals surface area contributed by atoms with Crippen LogP contribution in [0.3, 0.4) is 0 Å². The second kappa shape index (κ2) is 3.65. The Labute approximate surface area is 91.6 Å². The van der Waals surface area contributed by atoms with E-state index in [-0.39, 0.29) is 5.41 Å². The Bertz CT molecular complexity index is 299. The molecule has 1 aromatic heterocycles. The monoisotopic (exact) mass is 211 g/mol. The Balaban J connectivity index is 2.79. The van der Waals surface area contributed by atoms with Crippen LogP contribution in [0, 0.1) is 5.41 Å². The smallest absolute Gasteiger partial charge is 0.0981 e. The molecule has 0 radical (unpaired) electrons. The second-order valence-corrected chi connectivity index (χ2v) is 7.23. The minimum atomic E-state index is 0.195. The molecule has 1 heterocycles. The van der Waals surface area contributed by atoms with Gasteiger partial charge >= 0.3 is 0 Å². The molecule has 0 aliphatic heterocycles. The zero-order valence-electron chi connectivity index (χ0n) is 10.1. The summed E-state index contributed by atoms with van der Waals surface area (Å²) in [6.45, 7) is 13.4. The van der Waals surface area contributed by atoms with Crippen molar-refractivity contribution in [2.24, 2.45) is 5.41 Å². The molecule has 0 spiro atoms. The molecule has 1 aromatic rings. The van der Waals surface area contributed by atoms with Crippen LogP contribution in [-0.4, -0.2) is 4.98 Å². The highest BCUT2D eigenvalue weighted by atomic mass is 32.1. The number of nitrogens with zero attached hydrogens (tertiary/aromatic N) is 1. The SMILES string of the molecule is CC(C)(C)Cc1cnc(C(C)(C)C)s1. The molecule has 0 unspecified atom stereocenters. The summed E-state index contributed by atoms with van der Waals surface area (Å²) in [5.74, 6) is 0. The lowest BCUT2D eigenvalue weighted by molar-refractivity contribution is 0.414. The third kappa shape index (κ3) is 3.41. The van der Waals surface area contributed by atoms with Crippen LogP contribution in [0.2, 0.25) is 0 Å². The van der Waals surface area contributed by atoms with Crippen LogP contribution in [0.1, 0.15) is 51.4 Å². The van der Waals surface area contributed by atoms with Crippen LogP contribution in [0.4, 0.5) is 0 Å². The van der Waals surface area contributed by atoms with E-state index in [0.717, 1.165) is 6.42 Å². The van der Waals surface area contributed by atoms with Gasteiger partial charge in [0.05, 0.1) is 5.01 Å². The first-order valence-electron chi connectivity index (χ1n) is 5.14. The third-order valence-electron chi connectivity index (χ3n) is 1.90. The normalized spacial score (nSPS) is 13.3. The van der Waals surface area contributed by atoms with Crippen molar-refractivity contribution in [3.8, 4) is 0 Å². The van der Waals surface area contributed by atoms with Crippen molar-refractivity contribution in [1.82, 2.24) is 4.98 Å². The Morgan fingerprint density at radius 2 is 1.71 bits per heavy atom. The summed E-state index contributed by atoms with van der Waals surface area (Å²) < 4.78 is 0. The molecule has 0 saturated carbocycles. The van der Waals surface area contributed by atoms with Crippen molar-refractivity contribution < 1.29 is 0 Å². The molecular formula is C12H21NS. The Morgan fingerprint density at radius 3 is 2.07 bits per heavy atom. The molecule has 0 atom stereocenters. The quantitative estimate of drug-likeness (QED) is 0.683. The van der Waals surface area contributed by atoms with Crippen LogP contribution in [0.25, 0.3) is 0 Å². The zero-order chi connectivity index (χ0) is 11.0. The van der Waals surface area contributed by atoms with Crippen LogP contribution >= 0.6 is 11.3 Å². The molecule has 2 heteroatoms. The van der Waals surface area contributed by atoms with E-state index in [0.29, 0.717) is 5.41 Å². The summed E-state index contributed by atoms with van der Waals surface area (Å²) in [6.07, 6.45) is 3.16. The first-order valence-corrected chi connectivity index (χ1v) is 5.95. The predicted molar refractivity (Wildman–Crippen MR) is 64.0 cm³/mol. The Morgan fingerprint density at radius 1 is 1.14 bits per heavy atom. The van der Waals surface area contributed by atoms with Gasteiger partial charge in [-0.05, 0) is 11.8 Å². The van der Waals surface area contributed by atoms with Gasteiger partial charge in [0.1, 0.15) is 0 Å². The summed E-state index contributed by atoms with van der Waals surface area (Å²) in [4.78, 5) is 5.90. The maximum atomic E-state index is 4.49. The lowest BCUT2D eigenvalue weighted by Gasteiger charge is -2.16. The molecular weight excluding hydrogens is 190 g/mol. The number of thiazole rings is 1.